The third-order valence-electron chi connectivity index (χ3n) is 4.69. The summed E-state index contributed by atoms with van der Waals surface area (Å²) in [7, 11) is 1.57. The Balaban J connectivity index is 1.47. The van der Waals surface area contributed by atoms with Crippen molar-refractivity contribution in [2.75, 3.05) is 20.3 Å². The number of nitrogens with zero attached hydrogens (tertiary/aromatic N) is 5. The largest absolute Gasteiger partial charge is 0.493 e. The van der Waals surface area contributed by atoms with Crippen LogP contribution in [0.3, 0.4) is 0 Å². The lowest BCUT2D eigenvalue weighted by Crippen LogP contribution is -2.42. The van der Waals surface area contributed by atoms with E-state index in [-0.39, 0.29) is 18.6 Å². The first-order valence-corrected chi connectivity index (χ1v) is 9.06. The van der Waals surface area contributed by atoms with E-state index >= 15 is 0 Å². The number of fused-ring (bicyclic) bond motifs is 1. The summed E-state index contributed by atoms with van der Waals surface area (Å²) in [5, 5.41) is 8.57. The van der Waals surface area contributed by atoms with Crippen LogP contribution in [-0.2, 0) is 11.3 Å². The number of methoxy groups -OCH3 is 1. The van der Waals surface area contributed by atoms with Gasteiger partial charge in [-0.1, -0.05) is 18.2 Å². The van der Waals surface area contributed by atoms with Crippen LogP contribution < -0.4 is 9.47 Å². The number of aromatic nitrogens is 4. The molecule has 1 amide bonds. The van der Waals surface area contributed by atoms with E-state index in [2.05, 4.69) is 15.2 Å². The van der Waals surface area contributed by atoms with Crippen LogP contribution in [0.4, 0.5) is 0 Å². The molecule has 0 saturated carbocycles. The van der Waals surface area contributed by atoms with E-state index < -0.39 is 0 Å². The molecule has 0 fully saturated rings. The predicted octanol–water partition coefficient (Wildman–Crippen LogP) is 2.33. The second-order valence-electron chi connectivity index (χ2n) is 6.59. The molecule has 1 aliphatic heterocycles. The third-order valence-corrected chi connectivity index (χ3v) is 4.69. The maximum atomic E-state index is 12.7. The number of amides is 1. The molecule has 8 nitrogen and oxygen atoms in total. The first-order chi connectivity index (χ1) is 13.7. The Morgan fingerprint density at radius 2 is 1.93 bits per heavy atom. The van der Waals surface area contributed by atoms with E-state index in [0.29, 0.717) is 24.6 Å². The van der Waals surface area contributed by atoms with Gasteiger partial charge in [-0.2, -0.15) is 0 Å². The third kappa shape index (κ3) is 3.40. The van der Waals surface area contributed by atoms with Gasteiger partial charge in [-0.05, 0) is 31.2 Å². The lowest BCUT2D eigenvalue weighted by atomic mass is 10.2. The van der Waals surface area contributed by atoms with Crippen LogP contribution >= 0.6 is 0 Å². The van der Waals surface area contributed by atoms with E-state index in [1.165, 1.54) is 0 Å². The van der Waals surface area contributed by atoms with Crippen molar-refractivity contribution in [1.82, 2.24) is 24.6 Å². The molecule has 3 heterocycles. The van der Waals surface area contributed by atoms with Gasteiger partial charge in [0.15, 0.2) is 29.8 Å². The zero-order chi connectivity index (χ0) is 19.5. The average molecular weight is 379 g/mol. The fourth-order valence-corrected chi connectivity index (χ4v) is 3.36. The Morgan fingerprint density at radius 1 is 1.14 bits per heavy atom. The summed E-state index contributed by atoms with van der Waals surface area (Å²) in [5.74, 6) is 2.50. The normalized spacial score (nSPS) is 15.8. The molecule has 144 valence electrons. The fraction of sp³-hybridized carbons (Fsp3) is 0.300. The molecule has 8 heteroatoms. The van der Waals surface area contributed by atoms with Gasteiger partial charge in [0.1, 0.15) is 5.69 Å². The van der Waals surface area contributed by atoms with Crippen LogP contribution in [0, 0.1) is 0 Å². The molecule has 0 unspecified atom stereocenters. The van der Waals surface area contributed by atoms with Crippen molar-refractivity contribution in [3.05, 3.63) is 54.5 Å². The molecular formula is C20H21N5O3. The first kappa shape index (κ1) is 18.0. The second-order valence-corrected chi connectivity index (χ2v) is 6.59. The Kier molecular flexibility index (Phi) is 4.92. The zero-order valence-electron chi connectivity index (χ0n) is 15.8. The quantitative estimate of drug-likeness (QED) is 0.677. The predicted molar refractivity (Wildman–Crippen MR) is 102 cm³/mol. The van der Waals surface area contributed by atoms with Crippen molar-refractivity contribution in [1.29, 1.82) is 0 Å². The minimum atomic E-state index is -0.105. The molecule has 3 aromatic rings. The molecule has 1 aromatic carbocycles. The lowest BCUT2D eigenvalue weighted by molar-refractivity contribution is -0.135. The highest BCUT2D eigenvalue weighted by Crippen LogP contribution is 2.28. The number of rotatable bonds is 5. The van der Waals surface area contributed by atoms with Crippen molar-refractivity contribution in [2.24, 2.45) is 0 Å². The summed E-state index contributed by atoms with van der Waals surface area (Å²) in [6, 6.07) is 13.0. The zero-order valence-corrected chi connectivity index (χ0v) is 15.8. The molecule has 0 saturated heterocycles. The van der Waals surface area contributed by atoms with Gasteiger partial charge in [-0.15, -0.1) is 10.2 Å². The number of hydrogen-bond acceptors (Lipinski definition) is 6. The summed E-state index contributed by atoms with van der Waals surface area (Å²) in [6.07, 6.45) is 1.73. The molecule has 1 atom stereocenters. The van der Waals surface area contributed by atoms with Gasteiger partial charge in [0.05, 0.1) is 19.7 Å². The maximum Gasteiger partial charge on any atom is 0.260 e. The average Bonchev–Trinajstić information content (AvgIpc) is 3.17. The monoisotopic (exact) mass is 379 g/mol. The van der Waals surface area contributed by atoms with Crippen molar-refractivity contribution >= 4 is 5.91 Å². The second kappa shape index (κ2) is 7.67. The van der Waals surface area contributed by atoms with Gasteiger partial charge in [0, 0.05) is 12.7 Å². The van der Waals surface area contributed by atoms with Gasteiger partial charge in [-0.3, -0.25) is 9.78 Å². The Morgan fingerprint density at radius 3 is 2.68 bits per heavy atom. The van der Waals surface area contributed by atoms with Crippen LogP contribution in [0.25, 0.3) is 11.5 Å². The van der Waals surface area contributed by atoms with Crippen molar-refractivity contribution < 1.29 is 14.3 Å². The van der Waals surface area contributed by atoms with Gasteiger partial charge >= 0.3 is 0 Å². The minimum Gasteiger partial charge on any atom is -0.493 e. The van der Waals surface area contributed by atoms with Gasteiger partial charge in [-0.25, -0.2) is 0 Å². The topological polar surface area (TPSA) is 82.4 Å². The lowest BCUT2D eigenvalue weighted by Gasteiger charge is -2.32. The minimum absolute atomic E-state index is 0.0333. The SMILES string of the molecule is COc1ccccc1OCC(=O)N1Cc2nnc(-c3ccccn3)n2[C@@H](C)C1. The highest BCUT2D eigenvalue weighted by atomic mass is 16.5. The highest BCUT2D eigenvalue weighted by Gasteiger charge is 2.30. The summed E-state index contributed by atoms with van der Waals surface area (Å²) < 4.78 is 13.0. The van der Waals surface area contributed by atoms with Crippen LogP contribution in [0.15, 0.2) is 48.7 Å². The van der Waals surface area contributed by atoms with Crippen molar-refractivity contribution in [3.8, 4) is 23.0 Å². The molecular weight excluding hydrogens is 358 g/mol. The number of pyridine rings is 1. The number of benzene rings is 1. The van der Waals surface area contributed by atoms with E-state index in [4.69, 9.17) is 9.47 Å². The molecule has 0 aliphatic carbocycles. The summed E-state index contributed by atoms with van der Waals surface area (Å²) in [6.45, 7) is 2.92. The van der Waals surface area contributed by atoms with E-state index in [1.807, 2.05) is 41.8 Å². The van der Waals surface area contributed by atoms with E-state index in [9.17, 15) is 4.79 Å². The molecule has 28 heavy (non-hydrogen) atoms. The number of hydrogen-bond donors (Lipinski definition) is 0. The summed E-state index contributed by atoms with van der Waals surface area (Å²) in [5.41, 5.74) is 0.771. The van der Waals surface area contributed by atoms with Crippen molar-refractivity contribution in [2.45, 2.75) is 19.5 Å². The highest BCUT2D eigenvalue weighted by molar-refractivity contribution is 5.78. The molecule has 1 aliphatic rings. The van der Waals surface area contributed by atoms with Crippen LogP contribution in [0.2, 0.25) is 0 Å². The van der Waals surface area contributed by atoms with Crippen LogP contribution in [0.5, 0.6) is 11.5 Å². The summed E-state index contributed by atoms with van der Waals surface area (Å²) in [4.78, 5) is 18.8. The maximum absolute atomic E-state index is 12.7. The fourth-order valence-electron chi connectivity index (χ4n) is 3.36. The van der Waals surface area contributed by atoms with Gasteiger partial charge in [0.25, 0.3) is 5.91 Å². The molecule has 0 bridgehead atoms. The van der Waals surface area contributed by atoms with Gasteiger partial charge < -0.3 is 18.9 Å². The molecule has 2 aromatic heterocycles. The summed E-state index contributed by atoms with van der Waals surface area (Å²) >= 11 is 0. The number of para-hydroxylation sites is 2. The molecule has 0 radical (unpaired) electrons. The Bertz CT molecular complexity index is 973. The van der Waals surface area contributed by atoms with Crippen molar-refractivity contribution in [3.63, 3.8) is 0 Å². The van der Waals surface area contributed by atoms with E-state index in [0.717, 1.165) is 17.3 Å². The first-order valence-electron chi connectivity index (χ1n) is 9.06. The van der Waals surface area contributed by atoms with E-state index in [1.54, 1.807) is 30.3 Å². The number of carbonyl (C=O) groups excluding carboxylic acids is 1. The van der Waals surface area contributed by atoms with Gasteiger partial charge in [0.2, 0.25) is 0 Å². The smallest absolute Gasteiger partial charge is 0.260 e. The molecule has 0 N–H and O–H groups in total. The molecule has 4 rings (SSSR count). The number of ether oxygens (including phenoxy) is 2. The Hall–Kier alpha value is -3.42. The van der Waals surface area contributed by atoms with Crippen LogP contribution in [0.1, 0.15) is 18.8 Å². The molecule has 0 spiro atoms. The Labute approximate surface area is 162 Å². The van der Waals surface area contributed by atoms with Crippen LogP contribution in [-0.4, -0.2) is 50.8 Å². The number of carbonyl (C=O) groups is 1. The standard InChI is InChI=1S/C20H21N5O3/c1-14-11-24(19(26)13-28-17-9-4-3-8-16(17)27-2)12-18-22-23-20(25(14)18)15-7-5-6-10-21-15/h3-10,14H,11-13H2,1-2H3/t14-/m0/s1.